The Bertz CT molecular complexity index is 588. The van der Waals surface area contributed by atoms with Crippen LogP contribution < -0.4 is 5.32 Å². The summed E-state index contributed by atoms with van der Waals surface area (Å²) in [7, 11) is 0. The Morgan fingerprint density at radius 3 is 2.37 bits per heavy atom. The number of hydrogen-bond donors (Lipinski definition) is 1. The minimum atomic E-state index is 0.218. The molecule has 0 spiro atoms. The van der Waals surface area contributed by atoms with Crippen molar-refractivity contribution in [3.8, 4) is 11.1 Å². The molecule has 0 saturated carbocycles. The summed E-state index contributed by atoms with van der Waals surface area (Å²) in [5.41, 5.74) is 7.00. The number of nitrogens with one attached hydrogen (secondary N) is 1. The lowest BCUT2D eigenvalue weighted by molar-refractivity contribution is 0.590. The van der Waals surface area contributed by atoms with E-state index in [0.29, 0.717) is 0 Å². The van der Waals surface area contributed by atoms with Crippen molar-refractivity contribution in [1.82, 2.24) is 0 Å². The number of rotatable bonds is 1. The Labute approximate surface area is 115 Å². The Morgan fingerprint density at radius 2 is 1.68 bits per heavy atom. The topological polar surface area (TPSA) is 12.0 Å². The van der Waals surface area contributed by atoms with Crippen LogP contribution >= 0.6 is 0 Å². The summed E-state index contributed by atoms with van der Waals surface area (Å²) >= 11 is 0. The van der Waals surface area contributed by atoms with E-state index < -0.39 is 0 Å². The molecule has 1 heteroatoms. The fraction of sp³-hybridized carbons (Fsp3) is 0.333. The van der Waals surface area contributed by atoms with Crippen molar-refractivity contribution in [3.05, 3.63) is 53.6 Å². The molecule has 0 fully saturated rings. The molecule has 0 saturated heterocycles. The molecule has 0 bridgehead atoms. The minimum absolute atomic E-state index is 0.218. The average Bonchev–Trinajstić information content (AvgIpc) is 2.86. The Balaban J connectivity index is 2.02. The van der Waals surface area contributed by atoms with Crippen LogP contribution in [0.5, 0.6) is 0 Å². The molecular weight excluding hydrogens is 230 g/mol. The van der Waals surface area contributed by atoms with Gasteiger partial charge in [0, 0.05) is 17.8 Å². The molecule has 1 N–H and O–H groups in total. The highest BCUT2D eigenvalue weighted by Gasteiger charge is 2.16. The van der Waals surface area contributed by atoms with Gasteiger partial charge in [-0.25, -0.2) is 0 Å². The largest absolute Gasteiger partial charge is 0.384 e. The summed E-state index contributed by atoms with van der Waals surface area (Å²) in [6.45, 7) is 7.82. The second-order valence-corrected chi connectivity index (χ2v) is 6.34. The zero-order valence-electron chi connectivity index (χ0n) is 12.0. The van der Waals surface area contributed by atoms with Crippen molar-refractivity contribution in [2.24, 2.45) is 0 Å². The van der Waals surface area contributed by atoms with Gasteiger partial charge in [-0.1, -0.05) is 63.2 Å². The van der Waals surface area contributed by atoms with E-state index in [1.807, 2.05) is 0 Å². The molecule has 2 aromatic rings. The summed E-state index contributed by atoms with van der Waals surface area (Å²) in [6, 6.07) is 15.6. The Morgan fingerprint density at radius 1 is 0.947 bits per heavy atom. The van der Waals surface area contributed by atoms with Gasteiger partial charge in [0.1, 0.15) is 0 Å². The molecule has 1 aliphatic heterocycles. The standard InChI is InChI=1S/C18H21N/c1-18(2,3)15-9-7-13(8-10-15)16-6-4-5-14-11-12-19-17(14)16/h4-10,19H,11-12H2,1-3H3. The molecule has 0 amide bonds. The lowest BCUT2D eigenvalue weighted by atomic mass is 9.86. The second-order valence-electron chi connectivity index (χ2n) is 6.34. The molecule has 1 nitrogen and oxygen atoms in total. The van der Waals surface area contributed by atoms with Gasteiger partial charge in [-0.05, 0) is 28.5 Å². The van der Waals surface area contributed by atoms with E-state index in [2.05, 4.69) is 68.6 Å². The summed E-state index contributed by atoms with van der Waals surface area (Å²) in [5.74, 6) is 0. The first-order chi connectivity index (χ1) is 9.05. The lowest BCUT2D eigenvalue weighted by Crippen LogP contribution is -2.10. The van der Waals surface area contributed by atoms with Crippen LogP contribution in [0.4, 0.5) is 5.69 Å². The number of para-hydroxylation sites is 1. The predicted octanol–water partition coefficient (Wildman–Crippen LogP) is 4.62. The molecule has 1 heterocycles. The van der Waals surface area contributed by atoms with Crippen molar-refractivity contribution in [3.63, 3.8) is 0 Å². The van der Waals surface area contributed by atoms with Gasteiger partial charge in [0.25, 0.3) is 0 Å². The van der Waals surface area contributed by atoms with Gasteiger partial charge >= 0.3 is 0 Å². The van der Waals surface area contributed by atoms with Crippen LogP contribution in [0.2, 0.25) is 0 Å². The van der Waals surface area contributed by atoms with Crippen molar-refractivity contribution >= 4 is 5.69 Å². The summed E-state index contributed by atoms with van der Waals surface area (Å²) < 4.78 is 0. The normalized spacial score (nSPS) is 14.1. The van der Waals surface area contributed by atoms with Crippen LogP contribution in [0.15, 0.2) is 42.5 Å². The minimum Gasteiger partial charge on any atom is -0.384 e. The SMILES string of the molecule is CC(C)(C)c1ccc(-c2cccc3c2NCC3)cc1. The fourth-order valence-corrected chi connectivity index (χ4v) is 2.73. The average molecular weight is 251 g/mol. The quantitative estimate of drug-likeness (QED) is 0.780. The van der Waals surface area contributed by atoms with E-state index in [4.69, 9.17) is 0 Å². The first-order valence-corrected chi connectivity index (χ1v) is 7.02. The molecule has 0 unspecified atom stereocenters. The highest BCUT2D eigenvalue weighted by Crippen LogP contribution is 2.35. The number of benzene rings is 2. The molecule has 0 aromatic heterocycles. The number of hydrogen-bond acceptors (Lipinski definition) is 1. The van der Waals surface area contributed by atoms with Crippen LogP contribution in [0.1, 0.15) is 31.9 Å². The smallest absolute Gasteiger partial charge is 0.0453 e. The van der Waals surface area contributed by atoms with Crippen molar-refractivity contribution in [2.75, 3.05) is 11.9 Å². The van der Waals surface area contributed by atoms with Gasteiger partial charge in [0.05, 0.1) is 0 Å². The zero-order valence-corrected chi connectivity index (χ0v) is 12.0. The van der Waals surface area contributed by atoms with E-state index >= 15 is 0 Å². The fourth-order valence-electron chi connectivity index (χ4n) is 2.73. The van der Waals surface area contributed by atoms with Gasteiger partial charge in [0.2, 0.25) is 0 Å². The van der Waals surface area contributed by atoms with E-state index in [1.54, 1.807) is 0 Å². The molecule has 3 rings (SSSR count). The van der Waals surface area contributed by atoms with Crippen LogP contribution in [0.3, 0.4) is 0 Å². The predicted molar refractivity (Wildman–Crippen MR) is 82.8 cm³/mol. The summed E-state index contributed by atoms with van der Waals surface area (Å²) in [6.07, 6.45) is 1.14. The van der Waals surface area contributed by atoms with Gasteiger partial charge in [0.15, 0.2) is 0 Å². The summed E-state index contributed by atoms with van der Waals surface area (Å²) in [4.78, 5) is 0. The highest BCUT2D eigenvalue weighted by atomic mass is 14.9. The number of fused-ring (bicyclic) bond motifs is 1. The Kier molecular flexibility index (Phi) is 2.85. The van der Waals surface area contributed by atoms with E-state index in [-0.39, 0.29) is 5.41 Å². The van der Waals surface area contributed by atoms with Crippen LogP contribution in [0, 0.1) is 0 Å². The van der Waals surface area contributed by atoms with Gasteiger partial charge in [-0.3, -0.25) is 0 Å². The van der Waals surface area contributed by atoms with E-state index in [9.17, 15) is 0 Å². The van der Waals surface area contributed by atoms with Crippen LogP contribution in [-0.2, 0) is 11.8 Å². The first kappa shape index (κ1) is 12.3. The first-order valence-electron chi connectivity index (χ1n) is 7.02. The van der Waals surface area contributed by atoms with Gasteiger partial charge in [-0.15, -0.1) is 0 Å². The molecule has 0 radical (unpaired) electrons. The van der Waals surface area contributed by atoms with E-state index in [0.717, 1.165) is 13.0 Å². The highest BCUT2D eigenvalue weighted by molar-refractivity contribution is 5.81. The van der Waals surface area contributed by atoms with Gasteiger partial charge < -0.3 is 5.32 Å². The maximum Gasteiger partial charge on any atom is 0.0453 e. The van der Waals surface area contributed by atoms with E-state index in [1.165, 1.54) is 27.9 Å². The monoisotopic (exact) mass is 251 g/mol. The molecule has 98 valence electrons. The molecule has 2 aromatic carbocycles. The second kappa shape index (κ2) is 4.41. The maximum absolute atomic E-state index is 3.51. The lowest BCUT2D eigenvalue weighted by Gasteiger charge is -2.19. The van der Waals surface area contributed by atoms with Crippen molar-refractivity contribution in [2.45, 2.75) is 32.6 Å². The zero-order chi connectivity index (χ0) is 13.5. The molecule has 0 aliphatic carbocycles. The summed E-state index contributed by atoms with van der Waals surface area (Å²) in [5, 5.41) is 3.51. The van der Waals surface area contributed by atoms with Crippen molar-refractivity contribution < 1.29 is 0 Å². The third kappa shape index (κ3) is 2.25. The molecular formula is C18H21N. The van der Waals surface area contributed by atoms with Crippen molar-refractivity contribution in [1.29, 1.82) is 0 Å². The molecule has 1 aliphatic rings. The maximum atomic E-state index is 3.51. The van der Waals surface area contributed by atoms with Crippen LogP contribution in [0.25, 0.3) is 11.1 Å². The molecule has 0 atom stereocenters. The molecule has 19 heavy (non-hydrogen) atoms. The Hall–Kier alpha value is -1.76. The van der Waals surface area contributed by atoms with Crippen LogP contribution in [-0.4, -0.2) is 6.54 Å². The third-order valence-corrected chi connectivity index (χ3v) is 3.91. The number of anilines is 1. The van der Waals surface area contributed by atoms with Gasteiger partial charge in [-0.2, -0.15) is 0 Å². The third-order valence-electron chi connectivity index (χ3n) is 3.91.